The van der Waals surface area contributed by atoms with Crippen LogP contribution in [0.15, 0.2) is 18.2 Å². The third-order valence-corrected chi connectivity index (χ3v) is 3.77. The SMILES string of the molecule is C[C@@H](OC(=O)CC[C@@H]1NC(=O)NC1=O)c1ccc(Cl)cc1Cl. The number of imide groups is 1. The fraction of sp³-hybridized carbons (Fsp3) is 0.357. The summed E-state index contributed by atoms with van der Waals surface area (Å²) < 4.78 is 5.27. The molecule has 0 spiro atoms. The van der Waals surface area contributed by atoms with Gasteiger partial charge >= 0.3 is 12.0 Å². The number of hydrogen-bond acceptors (Lipinski definition) is 4. The first-order valence-electron chi connectivity index (χ1n) is 6.62. The molecule has 2 rings (SSSR count). The van der Waals surface area contributed by atoms with Crippen molar-refractivity contribution in [2.45, 2.75) is 31.9 Å². The summed E-state index contributed by atoms with van der Waals surface area (Å²) >= 11 is 11.9. The van der Waals surface area contributed by atoms with E-state index in [1.807, 2.05) is 0 Å². The van der Waals surface area contributed by atoms with Crippen LogP contribution in [0.1, 0.15) is 31.4 Å². The molecule has 2 N–H and O–H groups in total. The summed E-state index contributed by atoms with van der Waals surface area (Å²) in [5.41, 5.74) is 0.645. The topological polar surface area (TPSA) is 84.5 Å². The van der Waals surface area contributed by atoms with E-state index in [1.54, 1.807) is 25.1 Å². The van der Waals surface area contributed by atoms with Gasteiger partial charge in [-0.1, -0.05) is 29.3 Å². The van der Waals surface area contributed by atoms with E-state index < -0.39 is 30.1 Å². The summed E-state index contributed by atoms with van der Waals surface area (Å²) in [4.78, 5) is 34.1. The molecule has 22 heavy (non-hydrogen) atoms. The van der Waals surface area contributed by atoms with Gasteiger partial charge < -0.3 is 10.1 Å². The first-order chi connectivity index (χ1) is 10.4. The van der Waals surface area contributed by atoms with Gasteiger partial charge in [0, 0.05) is 22.0 Å². The number of ether oxygens (including phenoxy) is 1. The normalized spacial score (nSPS) is 18.6. The van der Waals surface area contributed by atoms with Gasteiger partial charge in [-0.2, -0.15) is 0 Å². The number of urea groups is 1. The van der Waals surface area contributed by atoms with Crippen LogP contribution in [0.2, 0.25) is 10.0 Å². The van der Waals surface area contributed by atoms with Crippen LogP contribution < -0.4 is 10.6 Å². The Morgan fingerprint density at radius 3 is 2.68 bits per heavy atom. The van der Waals surface area contributed by atoms with Crippen molar-refractivity contribution in [3.05, 3.63) is 33.8 Å². The zero-order valence-electron chi connectivity index (χ0n) is 11.7. The van der Waals surface area contributed by atoms with Crippen molar-refractivity contribution in [2.75, 3.05) is 0 Å². The number of carbonyl (C=O) groups excluding carboxylic acids is 3. The zero-order valence-corrected chi connectivity index (χ0v) is 13.2. The Labute approximate surface area is 137 Å². The van der Waals surface area contributed by atoms with Crippen LogP contribution in [-0.4, -0.2) is 23.9 Å². The molecule has 0 aromatic heterocycles. The minimum Gasteiger partial charge on any atom is -0.458 e. The summed E-state index contributed by atoms with van der Waals surface area (Å²) in [5.74, 6) is -0.918. The number of nitrogens with one attached hydrogen (secondary N) is 2. The Morgan fingerprint density at radius 1 is 1.36 bits per heavy atom. The van der Waals surface area contributed by atoms with E-state index in [9.17, 15) is 14.4 Å². The minimum atomic E-state index is -0.700. The average molecular weight is 345 g/mol. The zero-order chi connectivity index (χ0) is 16.3. The molecule has 118 valence electrons. The van der Waals surface area contributed by atoms with Crippen LogP contribution >= 0.6 is 23.2 Å². The number of rotatable bonds is 5. The second-order valence-corrected chi connectivity index (χ2v) is 5.70. The lowest BCUT2D eigenvalue weighted by Gasteiger charge is -2.15. The van der Waals surface area contributed by atoms with E-state index in [-0.39, 0.29) is 12.8 Å². The second-order valence-electron chi connectivity index (χ2n) is 4.85. The summed E-state index contributed by atoms with van der Waals surface area (Å²) in [7, 11) is 0. The third-order valence-electron chi connectivity index (χ3n) is 3.20. The van der Waals surface area contributed by atoms with Crippen molar-refractivity contribution in [1.82, 2.24) is 10.6 Å². The molecule has 1 aromatic rings. The number of halogens is 2. The molecule has 1 aliphatic rings. The van der Waals surface area contributed by atoms with Crippen molar-refractivity contribution in [3.8, 4) is 0 Å². The fourth-order valence-electron chi connectivity index (χ4n) is 2.08. The first kappa shape index (κ1) is 16.6. The molecule has 0 unspecified atom stereocenters. The van der Waals surface area contributed by atoms with E-state index in [0.717, 1.165) is 0 Å². The molecule has 1 aliphatic heterocycles. The van der Waals surface area contributed by atoms with Gasteiger partial charge in [-0.05, 0) is 25.5 Å². The fourth-order valence-corrected chi connectivity index (χ4v) is 2.64. The lowest BCUT2D eigenvalue weighted by atomic mass is 10.1. The Kier molecular flexibility index (Phi) is 5.26. The molecule has 0 aliphatic carbocycles. The molecule has 0 radical (unpaired) electrons. The molecule has 1 fully saturated rings. The summed E-state index contributed by atoms with van der Waals surface area (Å²) in [5, 5.41) is 5.42. The van der Waals surface area contributed by atoms with Crippen LogP contribution in [-0.2, 0) is 14.3 Å². The molecule has 3 amide bonds. The number of benzene rings is 1. The van der Waals surface area contributed by atoms with Gasteiger partial charge in [0.2, 0.25) is 0 Å². The van der Waals surface area contributed by atoms with E-state index >= 15 is 0 Å². The number of carbonyl (C=O) groups is 3. The van der Waals surface area contributed by atoms with Crippen LogP contribution in [0, 0.1) is 0 Å². The summed E-state index contributed by atoms with van der Waals surface area (Å²) in [6.07, 6.45) is -0.352. The largest absolute Gasteiger partial charge is 0.458 e. The van der Waals surface area contributed by atoms with Crippen molar-refractivity contribution < 1.29 is 19.1 Å². The predicted octanol–water partition coefficient (Wildman–Crippen LogP) is 2.59. The number of esters is 1. The maximum Gasteiger partial charge on any atom is 0.322 e. The van der Waals surface area contributed by atoms with Gasteiger partial charge in [-0.3, -0.25) is 14.9 Å². The smallest absolute Gasteiger partial charge is 0.322 e. The molecule has 6 nitrogen and oxygen atoms in total. The quantitative estimate of drug-likeness (QED) is 0.635. The molecule has 2 atom stereocenters. The maximum absolute atomic E-state index is 11.8. The van der Waals surface area contributed by atoms with Crippen LogP contribution in [0.5, 0.6) is 0 Å². The Bertz CT molecular complexity index is 621. The third kappa shape index (κ3) is 4.11. The minimum absolute atomic E-state index is 0.00785. The van der Waals surface area contributed by atoms with Gasteiger partial charge in [0.05, 0.1) is 0 Å². The molecule has 0 saturated carbocycles. The van der Waals surface area contributed by atoms with Gasteiger partial charge in [0.1, 0.15) is 12.1 Å². The van der Waals surface area contributed by atoms with Crippen molar-refractivity contribution in [2.24, 2.45) is 0 Å². The molecule has 1 heterocycles. The standard InChI is InChI=1S/C14H14Cl2N2O4/c1-7(9-3-2-8(15)6-10(9)16)22-12(19)5-4-11-13(20)18-14(21)17-11/h2-3,6-7,11H,4-5H2,1H3,(H2,17,18,20,21)/t7-,11+/m1/s1. The molecule has 1 aromatic carbocycles. The highest BCUT2D eigenvalue weighted by molar-refractivity contribution is 6.35. The van der Waals surface area contributed by atoms with Gasteiger partial charge in [0.25, 0.3) is 5.91 Å². The van der Waals surface area contributed by atoms with Crippen molar-refractivity contribution in [1.29, 1.82) is 0 Å². The summed E-state index contributed by atoms with van der Waals surface area (Å²) in [6.45, 7) is 1.69. The van der Waals surface area contributed by atoms with Crippen molar-refractivity contribution >= 4 is 41.1 Å². The molecular weight excluding hydrogens is 331 g/mol. The van der Waals surface area contributed by atoms with E-state index in [2.05, 4.69) is 10.6 Å². The number of hydrogen-bond donors (Lipinski definition) is 2. The second kappa shape index (κ2) is 6.98. The first-order valence-corrected chi connectivity index (χ1v) is 7.38. The van der Waals surface area contributed by atoms with E-state index in [0.29, 0.717) is 15.6 Å². The molecule has 0 bridgehead atoms. The van der Waals surface area contributed by atoms with Crippen LogP contribution in [0.4, 0.5) is 4.79 Å². The van der Waals surface area contributed by atoms with E-state index in [4.69, 9.17) is 27.9 Å². The molecular formula is C14H14Cl2N2O4. The Morgan fingerprint density at radius 2 is 2.09 bits per heavy atom. The van der Waals surface area contributed by atoms with Crippen LogP contribution in [0.3, 0.4) is 0 Å². The lowest BCUT2D eigenvalue weighted by molar-refractivity contribution is -0.148. The Balaban J connectivity index is 1.86. The average Bonchev–Trinajstić information content (AvgIpc) is 2.74. The van der Waals surface area contributed by atoms with Crippen LogP contribution in [0.25, 0.3) is 0 Å². The predicted molar refractivity (Wildman–Crippen MR) is 80.7 cm³/mol. The molecule has 8 heteroatoms. The van der Waals surface area contributed by atoms with Crippen molar-refractivity contribution in [3.63, 3.8) is 0 Å². The lowest BCUT2D eigenvalue weighted by Crippen LogP contribution is -2.29. The highest BCUT2D eigenvalue weighted by Crippen LogP contribution is 2.28. The van der Waals surface area contributed by atoms with Gasteiger partial charge in [0.15, 0.2) is 0 Å². The number of amides is 3. The van der Waals surface area contributed by atoms with Gasteiger partial charge in [-0.15, -0.1) is 0 Å². The van der Waals surface area contributed by atoms with E-state index in [1.165, 1.54) is 0 Å². The maximum atomic E-state index is 11.8. The highest BCUT2D eigenvalue weighted by atomic mass is 35.5. The molecule has 1 saturated heterocycles. The highest BCUT2D eigenvalue weighted by Gasteiger charge is 2.29. The monoisotopic (exact) mass is 344 g/mol. The Hall–Kier alpha value is -1.79. The van der Waals surface area contributed by atoms with Gasteiger partial charge in [-0.25, -0.2) is 4.79 Å². The summed E-state index contributed by atoms with van der Waals surface area (Å²) in [6, 6.07) is 3.67.